The molecule has 1 aliphatic carbocycles. The van der Waals surface area contributed by atoms with Gasteiger partial charge in [-0.25, -0.2) is 0 Å². The van der Waals surface area contributed by atoms with Crippen LogP contribution in [0.4, 0.5) is 13.2 Å². The normalized spacial score (nSPS) is 31.7. The molecule has 1 heterocycles. The van der Waals surface area contributed by atoms with Crippen molar-refractivity contribution >= 4 is 10.1 Å². The van der Waals surface area contributed by atoms with E-state index in [9.17, 15) is 21.6 Å². The lowest BCUT2D eigenvalue weighted by Gasteiger charge is -2.41. The minimum atomic E-state index is -5.56. The van der Waals surface area contributed by atoms with Gasteiger partial charge in [-0.15, -0.1) is 0 Å². The molecular weight excluding hydrogens is 323 g/mol. The highest BCUT2D eigenvalue weighted by molar-refractivity contribution is 7.87. The summed E-state index contributed by atoms with van der Waals surface area (Å²) in [7, 11) is -5.56. The monoisotopic (exact) mass is 343 g/mol. The summed E-state index contributed by atoms with van der Waals surface area (Å²) in [5, 5.41) is 0. The number of hydrogen-bond acceptors (Lipinski definition) is 5. The first-order valence-corrected chi connectivity index (χ1v) is 8.58. The van der Waals surface area contributed by atoms with Crippen molar-refractivity contribution in [1.29, 1.82) is 0 Å². The molecular formula is C13H20F3NO4S. The van der Waals surface area contributed by atoms with E-state index >= 15 is 0 Å². The van der Waals surface area contributed by atoms with Crippen LogP contribution < -0.4 is 0 Å². The van der Waals surface area contributed by atoms with E-state index in [0.29, 0.717) is 12.8 Å². The van der Waals surface area contributed by atoms with Crippen molar-refractivity contribution in [3.8, 4) is 0 Å². The summed E-state index contributed by atoms with van der Waals surface area (Å²) in [6.07, 6.45) is 2.88. The van der Waals surface area contributed by atoms with Crippen molar-refractivity contribution in [2.45, 2.75) is 56.9 Å². The molecule has 1 unspecified atom stereocenters. The van der Waals surface area contributed by atoms with Gasteiger partial charge in [-0.1, -0.05) is 0 Å². The van der Waals surface area contributed by atoms with E-state index in [-0.39, 0.29) is 30.4 Å². The highest BCUT2D eigenvalue weighted by atomic mass is 32.2. The van der Waals surface area contributed by atoms with Crippen LogP contribution in [0.2, 0.25) is 0 Å². The van der Waals surface area contributed by atoms with Crippen LogP contribution in [0.25, 0.3) is 0 Å². The molecule has 0 N–H and O–H groups in total. The molecule has 0 bridgehead atoms. The topological polar surface area (TPSA) is 55.8 Å². The summed E-state index contributed by atoms with van der Waals surface area (Å²) >= 11 is 0. The standard InChI is InChI=1S/C13H20F3NO4S/c1-9-7-17(8-10(2)20-9)11-3-5-12(6-4-11)21-22(18,19)13(14,15)16/h5,9-11H,3-4,6-8H2,1-2H3/t9-,10+,11?. The second-order valence-corrected chi connectivity index (χ2v) is 7.33. The van der Waals surface area contributed by atoms with Crippen molar-refractivity contribution in [3.05, 3.63) is 11.8 Å². The van der Waals surface area contributed by atoms with Gasteiger partial charge >= 0.3 is 15.6 Å². The third-order valence-corrected chi connectivity index (χ3v) is 4.81. The van der Waals surface area contributed by atoms with E-state index in [1.165, 1.54) is 6.08 Å². The maximum absolute atomic E-state index is 12.3. The minimum Gasteiger partial charge on any atom is -0.381 e. The Hall–Kier alpha value is -0.800. The fraction of sp³-hybridized carbons (Fsp3) is 0.846. The molecule has 0 radical (unpaired) electrons. The third-order valence-electron chi connectivity index (χ3n) is 3.81. The first-order chi connectivity index (χ1) is 10.1. The first-order valence-electron chi connectivity index (χ1n) is 7.18. The number of allylic oxidation sites excluding steroid dienone is 1. The van der Waals surface area contributed by atoms with Crippen molar-refractivity contribution in [2.24, 2.45) is 0 Å². The van der Waals surface area contributed by atoms with Crippen molar-refractivity contribution in [1.82, 2.24) is 4.90 Å². The van der Waals surface area contributed by atoms with Crippen molar-refractivity contribution < 1.29 is 30.5 Å². The molecule has 0 aromatic rings. The Bertz CT molecular complexity index is 522. The maximum Gasteiger partial charge on any atom is 0.534 e. The Morgan fingerprint density at radius 1 is 1.27 bits per heavy atom. The zero-order chi connectivity index (χ0) is 16.5. The maximum atomic E-state index is 12.3. The fourth-order valence-electron chi connectivity index (χ4n) is 2.91. The second-order valence-electron chi connectivity index (χ2n) is 5.79. The number of ether oxygens (including phenoxy) is 1. The first kappa shape index (κ1) is 17.6. The molecule has 5 nitrogen and oxygen atoms in total. The molecule has 1 saturated heterocycles. The van der Waals surface area contributed by atoms with Gasteiger partial charge in [0.1, 0.15) is 5.76 Å². The summed E-state index contributed by atoms with van der Waals surface area (Å²) in [6, 6.07) is 0.176. The van der Waals surface area contributed by atoms with Crippen molar-refractivity contribution in [3.63, 3.8) is 0 Å². The molecule has 0 amide bonds. The number of hydrogen-bond donors (Lipinski definition) is 0. The Balaban J connectivity index is 1.95. The minimum absolute atomic E-state index is 0.107. The van der Waals surface area contributed by atoms with E-state index in [4.69, 9.17) is 4.74 Å². The van der Waals surface area contributed by atoms with Crippen LogP contribution in [-0.4, -0.2) is 50.2 Å². The molecule has 0 aromatic heterocycles. The van der Waals surface area contributed by atoms with Gasteiger partial charge in [-0.2, -0.15) is 21.6 Å². The fourth-order valence-corrected chi connectivity index (χ4v) is 3.44. The molecule has 1 aliphatic heterocycles. The third kappa shape index (κ3) is 4.14. The van der Waals surface area contributed by atoms with Crippen LogP contribution in [0.3, 0.4) is 0 Å². The lowest BCUT2D eigenvalue weighted by molar-refractivity contribution is -0.0817. The molecule has 22 heavy (non-hydrogen) atoms. The highest BCUT2D eigenvalue weighted by Gasteiger charge is 2.49. The molecule has 9 heteroatoms. The summed E-state index contributed by atoms with van der Waals surface area (Å²) in [5.74, 6) is -0.122. The quantitative estimate of drug-likeness (QED) is 0.582. The summed E-state index contributed by atoms with van der Waals surface area (Å²) in [6.45, 7) is 5.48. The van der Waals surface area contributed by atoms with Gasteiger partial charge in [0, 0.05) is 25.6 Å². The molecule has 2 aliphatic rings. The number of halogens is 3. The van der Waals surface area contributed by atoms with Gasteiger partial charge < -0.3 is 8.92 Å². The molecule has 128 valence electrons. The van der Waals surface area contributed by atoms with Gasteiger partial charge in [0.2, 0.25) is 0 Å². The van der Waals surface area contributed by atoms with Gasteiger partial charge in [-0.3, -0.25) is 4.90 Å². The van der Waals surface area contributed by atoms with Gasteiger partial charge in [0.25, 0.3) is 0 Å². The average molecular weight is 343 g/mol. The van der Waals surface area contributed by atoms with Crippen LogP contribution in [0.1, 0.15) is 33.1 Å². The van der Waals surface area contributed by atoms with Gasteiger partial charge in [0.15, 0.2) is 0 Å². The number of morpholine rings is 1. The predicted octanol–water partition coefficient (Wildman–Crippen LogP) is 2.40. The summed E-state index contributed by atoms with van der Waals surface area (Å²) in [5.41, 5.74) is -5.39. The van der Waals surface area contributed by atoms with E-state index < -0.39 is 15.6 Å². The number of alkyl halides is 3. The smallest absolute Gasteiger partial charge is 0.381 e. The Morgan fingerprint density at radius 2 is 1.86 bits per heavy atom. The largest absolute Gasteiger partial charge is 0.534 e. The zero-order valence-electron chi connectivity index (χ0n) is 12.5. The van der Waals surface area contributed by atoms with Crippen LogP contribution in [0.5, 0.6) is 0 Å². The number of nitrogens with zero attached hydrogens (tertiary/aromatic N) is 1. The molecule has 2 rings (SSSR count). The SMILES string of the molecule is C[C@@H]1CN(C2CC=C(OS(=O)(=O)C(F)(F)F)CC2)C[C@H](C)O1. The number of rotatable bonds is 3. The molecule has 0 spiro atoms. The lowest BCUT2D eigenvalue weighted by Crippen LogP contribution is -2.50. The van der Waals surface area contributed by atoms with Crippen LogP contribution >= 0.6 is 0 Å². The summed E-state index contributed by atoms with van der Waals surface area (Å²) in [4.78, 5) is 2.24. The van der Waals surface area contributed by atoms with Crippen LogP contribution in [0.15, 0.2) is 11.8 Å². The molecule has 0 aromatic carbocycles. The molecule has 1 fully saturated rings. The lowest BCUT2D eigenvalue weighted by atomic mass is 9.97. The summed E-state index contributed by atoms with van der Waals surface area (Å²) < 4.78 is 68.6. The molecule has 3 atom stereocenters. The van der Waals surface area contributed by atoms with Gasteiger partial charge in [-0.05, 0) is 32.8 Å². The predicted molar refractivity (Wildman–Crippen MR) is 73.4 cm³/mol. The molecule has 0 saturated carbocycles. The Kier molecular flexibility index (Phi) is 5.08. The van der Waals surface area contributed by atoms with Crippen LogP contribution in [-0.2, 0) is 19.0 Å². The van der Waals surface area contributed by atoms with Gasteiger partial charge in [0.05, 0.1) is 12.2 Å². The highest BCUT2D eigenvalue weighted by Crippen LogP contribution is 2.31. The Morgan fingerprint density at radius 3 is 2.32 bits per heavy atom. The second kappa shape index (κ2) is 6.37. The van der Waals surface area contributed by atoms with Crippen LogP contribution in [0, 0.1) is 0 Å². The van der Waals surface area contributed by atoms with E-state index in [1.54, 1.807) is 0 Å². The van der Waals surface area contributed by atoms with E-state index in [0.717, 1.165) is 13.1 Å². The average Bonchev–Trinajstić information content (AvgIpc) is 2.36. The Labute approximate surface area is 128 Å². The van der Waals surface area contributed by atoms with E-state index in [2.05, 4.69) is 9.08 Å². The zero-order valence-corrected chi connectivity index (χ0v) is 13.3. The van der Waals surface area contributed by atoms with E-state index in [1.807, 2.05) is 13.8 Å². The van der Waals surface area contributed by atoms with Crippen molar-refractivity contribution in [2.75, 3.05) is 13.1 Å².